The maximum atomic E-state index is 11.4. The molecule has 0 aliphatic rings. The molecule has 1 atom stereocenters. The van der Waals surface area contributed by atoms with E-state index in [9.17, 15) is 9.59 Å². The van der Waals surface area contributed by atoms with Crippen molar-refractivity contribution in [3.8, 4) is 5.75 Å². The molecule has 0 aromatic heterocycles. The summed E-state index contributed by atoms with van der Waals surface area (Å²) < 4.78 is 9.83. The summed E-state index contributed by atoms with van der Waals surface area (Å²) in [5.41, 5.74) is 1.22. The molecule has 0 fully saturated rings. The van der Waals surface area contributed by atoms with E-state index in [1.165, 1.54) is 21.1 Å². The summed E-state index contributed by atoms with van der Waals surface area (Å²) in [6, 6.07) is 4.59. The standard InChI is InChI=1S/C13H18N2O4/c1-8(13(17)19-4)14-11-7-10(15-9(2)16)5-6-12(11)18-3/h5-8,14H,1-4H3,(H,15,16)/t8-/m0/s1. The Morgan fingerprint density at radius 1 is 1.26 bits per heavy atom. The van der Waals surface area contributed by atoms with Gasteiger partial charge >= 0.3 is 5.97 Å². The van der Waals surface area contributed by atoms with Gasteiger partial charge in [-0.15, -0.1) is 0 Å². The maximum Gasteiger partial charge on any atom is 0.327 e. The van der Waals surface area contributed by atoms with Gasteiger partial charge in [0.1, 0.15) is 11.8 Å². The Kier molecular flexibility index (Phi) is 5.17. The van der Waals surface area contributed by atoms with E-state index in [1.54, 1.807) is 25.1 Å². The van der Waals surface area contributed by atoms with Crippen molar-refractivity contribution in [2.75, 3.05) is 24.9 Å². The van der Waals surface area contributed by atoms with Crippen LogP contribution in [0.25, 0.3) is 0 Å². The van der Waals surface area contributed by atoms with E-state index in [-0.39, 0.29) is 11.9 Å². The van der Waals surface area contributed by atoms with Crippen molar-refractivity contribution in [1.82, 2.24) is 0 Å². The summed E-state index contributed by atoms with van der Waals surface area (Å²) in [7, 11) is 2.85. The summed E-state index contributed by atoms with van der Waals surface area (Å²) in [5.74, 6) is 0.0222. The van der Waals surface area contributed by atoms with Crippen LogP contribution in [0.1, 0.15) is 13.8 Å². The zero-order valence-electron chi connectivity index (χ0n) is 11.4. The number of rotatable bonds is 5. The third-order valence-electron chi connectivity index (χ3n) is 2.45. The van der Waals surface area contributed by atoms with Gasteiger partial charge in [0, 0.05) is 12.6 Å². The first-order valence-corrected chi connectivity index (χ1v) is 5.78. The number of anilines is 2. The molecule has 2 N–H and O–H groups in total. The third kappa shape index (κ3) is 4.17. The first-order chi connectivity index (χ1) is 8.97. The lowest BCUT2D eigenvalue weighted by atomic mass is 10.2. The van der Waals surface area contributed by atoms with Crippen LogP contribution < -0.4 is 15.4 Å². The number of hydrogen-bond acceptors (Lipinski definition) is 5. The number of hydrogen-bond donors (Lipinski definition) is 2. The minimum atomic E-state index is -0.522. The topological polar surface area (TPSA) is 76.7 Å². The van der Waals surface area contributed by atoms with Gasteiger partial charge in [0.05, 0.1) is 19.9 Å². The van der Waals surface area contributed by atoms with Gasteiger partial charge in [0.2, 0.25) is 5.91 Å². The van der Waals surface area contributed by atoms with Gasteiger partial charge in [0.25, 0.3) is 0 Å². The molecule has 1 amide bonds. The van der Waals surface area contributed by atoms with Gasteiger partial charge in [-0.05, 0) is 25.1 Å². The summed E-state index contributed by atoms with van der Waals surface area (Å²) in [5, 5.41) is 5.64. The first-order valence-electron chi connectivity index (χ1n) is 5.78. The molecule has 0 aliphatic heterocycles. The van der Waals surface area contributed by atoms with Crippen LogP contribution in [-0.4, -0.2) is 32.1 Å². The van der Waals surface area contributed by atoms with Gasteiger partial charge in [-0.1, -0.05) is 0 Å². The average molecular weight is 266 g/mol. The van der Waals surface area contributed by atoms with Crippen LogP contribution in [0.4, 0.5) is 11.4 Å². The SMILES string of the molecule is COC(=O)[C@H](C)Nc1cc(NC(C)=O)ccc1OC. The molecule has 0 spiro atoms. The van der Waals surface area contributed by atoms with E-state index in [0.29, 0.717) is 17.1 Å². The van der Waals surface area contributed by atoms with Crippen molar-refractivity contribution < 1.29 is 19.1 Å². The molecule has 1 aromatic rings. The smallest absolute Gasteiger partial charge is 0.327 e. The van der Waals surface area contributed by atoms with E-state index in [1.807, 2.05) is 0 Å². The fourth-order valence-electron chi connectivity index (χ4n) is 1.57. The second kappa shape index (κ2) is 6.63. The van der Waals surface area contributed by atoms with Gasteiger partial charge < -0.3 is 20.1 Å². The Balaban J connectivity index is 2.95. The Hall–Kier alpha value is -2.24. The summed E-state index contributed by atoms with van der Waals surface area (Å²) >= 11 is 0. The lowest BCUT2D eigenvalue weighted by molar-refractivity contribution is -0.141. The summed E-state index contributed by atoms with van der Waals surface area (Å²) in [6.07, 6.45) is 0. The van der Waals surface area contributed by atoms with Crippen molar-refractivity contribution in [3.05, 3.63) is 18.2 Å². The van der Waals surface area contributed by atoms with Gasteiger partial charge in [-0.3, -0.25) is 4.79 Å². The Labute approximate surface area is 112 Å². The number of esters is 1. The van der Waals surface area contributed by atoms with E-state index in [4.69, 9.17) is 4.74 Å². The largest absolute Gasteiger partial charge is 0.495 e. The highest BCUT2D eigenvalue weighted by Gasteiger charge is 2.15. The molecule has 0 unspecified atom stereocenters. The number of carbonyl (C=O) groups is 2. The van der Waals surface area contributed by atoms with Crippen LogP contribution >= 0.6 is 0 Å². The average Bonchev–Trinajstić information content (AvgIpc) is 2.37. The Bertz CT molecular complexity index is 474. The molecule has 6 heteroatoms. The van der Waals surface area contributed by atoms with Gasteiger partial charge in [0.15, 0.2) is 0 Å². The molecule has 0 radical (unpaired) electrons. The van der Waals surface area contributed by atoms with Crippen LogP contribution in [-0.2, 0) is 14.3 Å². The van der Waals surface area contributed by atoms with Gasteiger partial charge in [-0.2, -0.15) is 0 Å². The zero-order chi connectivity index (χ0) is 14.4. The second-order valence-corrected chi connectivity index (χ2v) is 3.99. The minimum absolute atomic E-state index is 0.169. The predicted octanol–water partition coefficient (Wildman–Crippen LogP) is 1.63. The van der Waals surface area contributed by atoms with Crippen molar-refractivity contribution >= 4 is 23.3 Å². The molecule has 1 rings (SSSR count). The third-order valence-corrected chi connectivity index (χ3v) is 2.45. The fourth-order valence-corrected chi connectivity index (χ4v) is 1.57. The molecule has 0 bridgehead atoms. The maximum absolute atomic E-state index is 11.4. The molecule has 0 heterocycles. The minimum Gasteiger partial charge on any atom is -0.495 e. The van der Waals surface area contributed by atoms with Crippen LogP contribution in [0.15, 0.2) is 18.2 Å². The number of methoxy groups -OCH3 is 2. The molecule has 0 saturated heterocycles. The predicted molar refractivity (Wildman–Crippen MR) is 72.4 cm³/mol. The molecule has 1 aromatic carbocycles. The molecule has 19 heavy (non-hydrogen) atoms. The summed E-state index contributed by atoms with van der Waals surface area (Å²) in [6.45, 7) is 3.10. The van der Waals surface area contributed by atoms with Crippen molar-refractivity contribution in [1.29, 1.82) is 0 Å². The molecule has 0 saturated carbocycles. The van der Waals surface area contributed by atoms with E-state index in [0.717, 1.165) is 0 Å². The van der Waals surface area contributed by atoms with Crippen LogP contribution in [0.2, 0.25) is 0 Å². The lowest BCUT2D eigenvalue weighted by Gasteiger charge is -2.16. The fraction of sp³-hybridized carbons (Fsp3) is 0.385. The lowest BCUT2D eigenvalue weighted by Crippen LogP contribution is -2.27. The van der Waals surface area contributed by atoms with Crippen LogP contribution in [0, 0.1) is 0 Å². The molecular weight excluding hydrogens is 248 g/mol. The second-order valence-electron chi connectivity index (χ2n) is 3.99. The highest BCUT2D eigenvalue weighted by molar-refractivity contribution is 5.90. The van der Waals surface area contributed by atoms with Gasteiger partial charge in [-0.25, -0.2) is 4.79 Å². The molecule has 6 nitrogen and oxygen atoms in total. The molecule has 104 valence electrons. The number of ether oxygens (including phenoxy) is 2. The number of carbonyl (C=O) groups excluding carboxylic acids is 2. The monoisotopic (exact) mass is 266 g/mol. The zero-order valence-corrected chi connectivity index (χ0v) is 11.4. The van der Waals surface area contributed by atoms with Crippen molar-refractivity contribution in [3.63, 3.8) is 0 Å². The molecule has 0 aliphatic carbocycles. The van der Waals surface area contributed by atoms with Crippen molar-refractivity contribution in [2.45, 2.75) is 19.9 Å². The molecular formula is C13H18N2O4. The summed E-state index contributed by atoms with van der Waals surface area (Å²) in [4.78, 5) is 22.4. The number of benzene rings is 1. The van der Waals surface area contributed by atoms with E-state index >= 15 is 0 Å². The number of amides is 1. The highest BCUT2D eigenvalue weighted by atomic mass is 16.5. The normalized spacial score (nSPS) is 11.4. The highest BCUT2D eigenvalue weighted by Crippen LogP contribution is 2.28. The first kappa shape index (κ1) is 14.8. The Morgan fingerprint density at radius 3 is 2.47 bits per heavy atom. The van der Waals surface area contributed by atoms with Crippen molar-refractivity contribution in [2.24, 2.45) is 0 Å². The van der Waals surface area contributed by atoms with E-state index in [2.05, 4.69) is 15.4 Å². The Morgan fingerprint density at radius 2 is 1.95 bits per heavy atom. The van der Waals surface area contributed by atoms with Crippen LogP contribution in [0.5, 0.6) is 5.75 Å². The quantitative estimate of drug-likeness (QED) is 0.792. The van der Waals surface area contributed by atoms with E-state index < -0.39 is 6.04 Å². The van der Waals surface area contributed by atoms with Crippen LogP contribution in [0.3, 0.4) is 0 Å². The number of nitrogens with one attached hydrogen (secondary N) is 2.